The molecule has 1 aliphatic carbocycles. The quantitative estimate of drug-likeness (QED) is 0.490. The molecule has 4 rings (SSSR count). The average molecular weight is 402 g/mol. The molecule has 0 atom stereocenters. The normalized spacial score (nSPS) is 17.2. The Morgan fingerprint density at radius 3 is 1.73 bits per heavy atom. The highest BCUT2D eigenvalue weighted by Gasteiger charge is 2.19. The lowest BCUT2D eigenvalue weighted by Crippen LogP contribution is -2.14. The van der Waals surface area contributed by atoms with Crippen LogP contribution in [0.5, 0.6) is 0 Å². The van der Waals surface area contributed by atoms with Crippen LogP contribution in [0.3, 0.4) is 0 Å². The van der Waals surface area contributed by atoms with E-state index in [0.717, 1.165) is 5.69 Å². The third kappa shape index (κ3) is 5.13. The molecule has 0 radical (unpaired) electrons. The average Bonchev–Trinajstić information content (AvgIpc) is 3.16. The van der Waals surface area contributed by atoms with Crippen LogP contribution >= 0.6 is 0 Å². The third-order valence-corrected chi connectivity index (χ3v) is 6.55. The molecule has 0 saturated heterocycles. The zero-order valence-corrected chi connectivity index (χ0v) is 18.1. The van der Waals surface area contributed by atoms with Crippen molar-refractivity contribution in [3.63, 3.8) is 0 Å². The fraction of sp³-hybridized carbons (Fsp3) is 0.444. The summed E-state index contributed by atoms with van der Waals surface area (Å²) in [5.41, 5.74) is 11.2. The molecule has 1 heterocycles. The van der Waals surface area contributed by atoms with Gasteiger partial charge >= 0.3 is 0 Å². The molecule has 30 heavy (non-hydrogen) atoms. The van der Waals surface area contributed by atoms with E-state index in [1.807, 2.05) is 6.20 Å². The zero-order valence-electron chi connectivity index (χ0n) is 18.1. The van der Waals surface area contributed by atoms with Crippen LogP contribution in [0.2, 0.25) is 0 Å². The van der Waals surface area contributed by atoms with E-state index < -0.39 is 0 Å². The van der Waals surface area contributed by atoms with E-state index >= 15 is 0 Å². The lowest BCUT2D eigenvalue weighted by molar-refractivity contribution is 0.393. The summed E-state index contributed by atoms with van der Waals surface area (Å²) < 4.78 is 2.32. The van der Waals surface area contributed by atoms with Crippen LogP contribution in [0.15, 0.2) is 60.8 Å². The maximum Gasteiger partial charge on any atom is 0.200 e. The molecule has 0 amide bonds. The second-order valence-corrected chi connectivity index (χ2v) is 8.73. The SMILES string of the molecule is Nc1ncc(-c2ccc(-c3ccccc3)cc2)n1C1CCCCCCCCCCC1. The fourth-order valence-electron chi connectivity index (χ4n) is 4.84. The zero-order chi connectivity index (χ0) is 20.6. The summed E-state index contributed by atoms with van der Waals surface area (Å²) in [6.07, 6.45) is 16.6. The highest BCUT2D eigenvalue weighted by Crippen LogP contribution is 2.33. The summed E-state index contributed by atoms with van der Waals surface area (Å²) in [4.78, 5) is 4.52. The molecule has 0 spiro atoms. The Balaban J connectivity index is 1.56. The van der Waals surface area contributed by atoms with Gasteiger partial charge in [0.15, 0.2) is 0 Å². The van der Waals surface area contributed by atoms with Gasteiger partial charge in [0, 0.05) is 6.04 Å². The van der Waals surface area contributed by atoms with Gasteiger partial charge in [-0.25, -0.2) is 4.98 Å². The second-order valence-electron chi connectivity index (χ2n) is 8.73. The van der Waals surface area contributed by atoms with Crippen molar-refractivity contribution < 1.29 is 0 Å². The molecule has 0 bridgehead atoms. The standard InChI is InChI=1S/C27H35N3/c28-27-29-21-26(24-19-17-23(18-20-24)22-13-9-8-10-14-22)30(27)25-15-11-6-4-2-1-3-5-7-12-16-25/h8-10,13-14,17-21,25H,1-7,11-12,15-16H2,(H2,28,29). The van der Waals surface area contributed by atoms with Gasteiger partial charge in [-0.1, -0.05) is 112 Å². The Morgan fingerprint density at radius 2 is 1.13 bits per heavy atom. The molecule has 1 aromatic heterocycles. The van der Waals surface area contributed by atoms with Gasteiger partial charge < -0.3 is 10.3 Å². The first kappa shape index (κ1) is 20.7. The number of anilines is 1. The van der Waals surface area contributed by atoms with Crippen LogP contribution < -0.4 is 5.73 Å². The first-order valence-corrected chi connectivity index (χ1v) is 11.8. The number of hydrogen-bond donors (Lipinski definition) is 1. The highest BCUT2D eigenvalue weighted by atomic mass is 15.2. The molecular formula is C27H35N3. The van der Waals surface area contributed by atoms with Crippen LogP contribution in [0.25, 0.3) is 22.4 Å². The van der Waals surface area contributed by atoms with Gasteiger partial charge in [-0.3, -0.25) is 0 Å². The van der Waals surface area contributed by atoms with Crippen molar-refractivity contribution in [1.82, 2.24) is 9.55 Å². The number of hydrogen-bond acceptors (Lipinski definition) is 2. The van der Waals surface area contributed by atoms with Crippen molar-refractivity contribution in [1.29, 1.82) is 0 Å². The van der Waals surface area contributed by atoms with Gasteiger partial charge in [-0.15, -0.1) is 0 Å². The Bertz CT molecular complexity index is 884. The van der Waals surface area contributed by atoms with Gasteiger partial charge in [0.25, 0.3) is 0 Å². The topological polar surface area (TPSA) is 43.8 Å². The smallest absolute Gasteiger partial charge is 0.200 e. The lowest BCUT2D eigenvalue weighted by atomic mass is 9.97. The molecule has 1 saturated carbocycles. The van der Waals surface area contributed by atoms with Gasteiger partial charge in [-0.05, 0) is 29.5 Å². The minimum atomic E-state index is 0.454. The molecule has 1 fully saturated rings. The molecule has 3 heteroatoms. The van der Waals surface area contributed by atoms with Crippen LogP contribution in [-0.4, -0.2) is 9.55 Å². The fourth-order valence-corrected chi connectivity index (χ4v) is 4.84. The Morgan fingerprint density at radius 1 is 0.633 bits per heavy atom. The first-order chi connectivity index (χ1) is 14.8. The van der Waals surface area contributed by atoms with Gasteiger partial charge in [0.2, 0.25) is 5.95 Å². The van der Waals surface area contributed by atoms with Crippen molar-refractivity contribution in [3.8, 4) is 22.4 Å². The first-order valence-electron chi connectivity index (χ1n) is 11.8. The van der Waals surface area contributed by atoms with Crippen LogP contribution in [0, 0.1) is 0 Å². The van der Waals surface area contributed by atoms with E-state index in [0.29, 0.717) is 12.0 Å². The molecule has 0 unspecified atom stereocenters. The minimum Gasteiger partial charge on any atom is -0.369 e. The van der Waals surface area contributed by atoms with Crippen molar-refractivity contribution >= 4 is 5.95 Å². The third-order valence-electron chi connectivity index (χ3n) is 6.55. The minimum absolute atomic E-state index is 0.454. The molecule has 1 aliphatic rings. The number of nitrogen functional groups attached to an aromatic ring is 1. The summed E-state index contributed by atoms with van der Waals surface area (Å²) in [5, 5.41) is 0. The van der Waals surface area contributed by atoms with Crippen molar-refractivity contribution in [3.05, 3.63) is 60.8 Å². The second kappa shape index (κ2) is 10.5. The number of rotatable bonds is 3. The van der Waals surface area contributed by atoms with E-state index in [4.69, 9.17) is 5.73 Å². The van der Waals surface area contributed by atoms with Crippen LogP contribution in [-0.2, 0) is 0 Å². The van der Waals surface area contributed by atoms with E-state index in [2.05, 4.69) is 64.1 Å². The number of nitrogens with two attached hydrogens (primary N) is 1. The molecule has 3 aromatic rings. The number of imidazole rings is 1. The van der Waals surface area contributed by atoms with Gasteiger partial charge in [0.1, 0.15) is 0 Å². The van der Waals surface area contributed by atoms with E-state index in [1.165, 1.54) is 87.3 Å². The maximum absolute atomic E-state index is 6.40. The maximum atomic E-state index is 6.40. The van der Waals surface area contributed by atoms with Gasteiger partial charge in [-0.2, -0.15) is 0 Å². The summed E-state index contributed by atoms with van der Waals surface area (Å²) in [6.45, 7) is 0. The monoisotopic (exact) mass is 401 g/mol. The number of aromatic nitrogens is 2. The predicted molar refractivity (Wildman–Crippen MR) is 127 cm³/mol. The molecule has 2 aromatic carbocycles. The van der Waals surface area contributed by atoms with E-state index in [1.54, 1.807) is 0 Å². The van der Waals surface area contributed by atoms with Crippen LogP contribution in [0.4, 0.5) is 5.95 Å². The van der Waals surface area contributed by atoms with Gasteiger partial charge in [0.05, 0.1) is 11.9 Å². The number of benzene rings is 2. The molecule has 2 N–H and O–H groups in total. The highest BCUT2D eigenvalue weighted by molar-refractivity contribution is 5.69. The Labute approximate surface area is 181 Å². The van der Waals surface area contributed by atoms with Crippen molar-refractivity contribution in [2.45, 2.75) is 76.7 Å². The van der Waals surface area contributed by atoms with Crippen molar-refractivity contribution in [2.75, 3.05) is 5.73 Å². The molecular weight excluding hydrogens is 366 g/mol. The number of nitrogens with zero attached hydrogens (tertiary/aromatic N) is 2. The van der Waals surface area contributed by atoms with Crippen molar-refractivity contribution in [2.24, 2.45) is 0 Å². The van der Waals surface area contributed by atoms with E-state index in [-0.39, 0.29) is 0 Å². The predicted octanol–water partition coefficient (Wildman–Crippen LogP) is 7.65. The molecule has 158 valence electrons. The largest absolute Gasteiger partial charge is 0.369 e. The summed E-state index contributed by atoms with van der Waals surface area (Å²) in [6, 6.07) is 19.8. The molecule has 3 nitrogen and oxygen atoms in total. The lowest BCUT2D eigenvalue weighted by Gasteiger charge is -2.23. The summed E-state index contributed by atoms with van der Waals surface area (Å²) in [7, 11) is 0. The Hall–Kier alpha value is -2.55. The van der Waals surface area contributed by atoms with Crippen LogP contribution in [0.1, 0.15) is 76.7 Å². The summed E-state index contributed by atoms with van der Waals surface area (Å²) in [5.74, 6) is 0.661. The molecule has 0 aliphatic heterocycles. The summed E-state index contributed by atoms with van der Waals surface area (Å²) >= 11 is 0. The van der Waals surface area contributed by atoms with E-state index in [9.17, 15) is 0 Å². The Kier molecular flexibility index (Phi) is 7.23.